The number of rotatable bonds is 6. The van der Waals surface area contributed by atoms with Crippen molar-refractivity contribution in [2.24, 2.45) is 0 Å². The predicted molar refractivity (Wildman–Crippen MR) is 77.0 cm³/mol. The summed E-state index contributed by atoms with van der Waals surface area (Å²) < 4.78 is 13.0. The Bertz CT molecular complexity index is 438. The number of carbonyl (C=O) groups is 1. The lowest BCUT2D eigenvalue weighted by Crippen LogP contribution is -2.44. The summed E-state index contributed by atoms with van der Waals surface area (Å²) in [6, 6.07) is 6.26. The van der Waals surface area contributed by atoms with Crippen molar-refractivity contribution >= 4 is 6.03 Å². The van der Waals surface area contributed by atoms with Crippen LogP contribution in [0.15, 0.2) is 24.3 Å². The Morgan fingerprint density at radius 3 is 2.75 bits per heavy atom. The van der Waals surface area contributed by atoms with Gasteiger partial charge in [0.05, 0.1) is 6.10 Å². The van der Waals surface area contributed by atoms with Gasteiger partial charge in [-0.2, -0.15) is 0 Å². The largest absolute Gasteiger partial charge is 0.392 e. The molecule has 2 unspecified atom stereocenters. The summed E-state index contributed by atoms with van der Waals surface area (Å²) >= 11 is 0. The number of nitrogens with zero attached hydrogens (tertiary/aromatic N) is 1. The summed E-state index contributed by atoms with van der Waals surface area (Å²) in [4.78, 5) is 13.2. The van der Waals surface area contributed by atoms with E-state index in [0.29, 0.717) is 13.0 Å². The number of amides is 2. The van der Waals surface area contributed by atoms with Crippen LogP contribution in [0.2, 0.25) is 0 Å². The van der Waals surface area contributed by atoms with Gasteiger partial charge in [-0.05, 0) is 44.4 Å². The molecule has 5 heteroatoms. The molecule has 0 radical (unpaired) electrons. The van der Waals surface area contributed by atoms with E-state index >= 15 is 0 Å². The maximum atomic E-state index is 13.0. The Balaban J connectivity index is 2.36. The summed E-state index contributed by atoms with van der Waals surface area (Å²) in [7, 11) is 1.64. The van der Waals surface area contributed by atoms with Crippen molar-refractivity contribution in [1.29, 1.82) is 0 Å². The molecule has 0 bridgehead atoms. The molecular weight excluding hydrogens is 259 g/mol. The molecule has 4 nitrogen and oxygen atoms in total. The average molecular weight is 282 g/mol. The van der Waals surface area contributed by atoms with Gasteiger partial charge in [0.15, 0.2) is 0 Å². The van der Waals surface area contributed by atoms with Crippen LogP contribution in [0.4, 0.5) is 9.18 Å². The smallest absolute Gasteiger partial charge is 0.317 e. The van der Waals surface area contributed by atoms with E-state index in [2.05, 4.69) is 5.32 Å². The lowest BCUT2D eigenvalue weighted by Gasteiger charge is -2.22. The Hall–Kier alpha value is -1.62. The van der Waals surface area contributed by atoms with Gasteiger partial charge >= 0.3 is 6.03 Å². The summed E-state index contributed by atoms with van der Waals surface area (Å²) in [5, 5.41) is 12.1. The second-order valence-corrected chi connectivity index (χ2v) is 5.25. The highest BCUT2D eigenvalue weighted by molar-refractivity contribution is 5.74. The highest BCUT2D eigenvalue weighted by Gasteiger charge is 2.13. The van der Waals surface area contributed by atoms with Crippen LogP contribution in [0, 0.1) is 5.82 Å². The quantitative estimate of drug-likeness (QED) is 0.840. The molecule has 20 heavy (non-hydrogen) atoms. The topological polar surface area (TPSA) is 52.6 Å². The molecule has 2 atom stereocenters. The molecular formula is C15H23FN2O2. The molecule has 0 spiro atoms. The van der Waals surface area contributed by atoms with Gasteiger partial charge in [0.2, 0.25) is 0 Å². The maximum absolute atomic E-state index is 13.0. The number of benzene rings is 1. The number of aliphatic hydroxyl groups excluding tert-OH is 1. The van der Waals surface area contributed by atoms with Crippen molar-refractivity contribution in [2.45, 2.75) is 38.8 Å². The third-order valence-corrected chi connectivity index (χ3v) is 3.01. The lowest BCUT2D eigenvalue weighted by atomic mass is 10.1. The van der Waals surface area contributed by atoms with Gasteiger partial charge in [0.1, 0.15) is 5.82 Å². The molecule has 1 aromatic rings. The summed E-state index contributed by atoms with van der Waals surface area (Å²) in [5.41, 5.74) is 0.920. The predicted octanol–water partition coefficient (Wildman–Crippen LogP) is 2.17. The average Bonchev–Trinajstić information content (AvgIpc) is 2.35. The first-order valence-corrected chi connectivity index (χ1v) is 6.82. The van der Waals surface area contributed by atoms with Crippen molar-refractivity contribution < 1.29 is 14.3 Å². The first-order chi connectivity index (χ1) is 9.38. The van der Waals surface area contributed by atoms with Gasteiger partial charge in [-0.1, -0.05) is 12.1 Å². The van der Waals surface area contributed by atoms with E-state index in [1.165, 1.54) is 17.0 Å². The van der Waals surface area contributed by atoms with E-state index in [1.54, 1.807) is 20.0 Å². The lowest BCUT2D eigenvalue weighted by molar-refractivity contribution is 0.142. The van der Waals surface area contributed by atoms with Crippen LogP contribution in [0.1, 0.15) is 25.8 Å². The molecule has 0 aliphatic carbocycles. The maximum Gasteiger partial charge on any atom is 0.317 e. The normalized spacial score (nSPS) is 13.7. The van der Waals surface area contributed by atoms with Crippen LogP contribution in [0.5, 0.6) is 0 Å². The number of aliphatic hydroxyl groups is 1. The molecule has 0 aromatic heterocycles. The number of aryl methyl sites for hydroxylation is 1. The molecule has 0 aliphatic rings. The molecule has 0 heterocycles. The van der Waals surface area contributed by atoms with Gasteiger partial charge in [-0.15, -0.1) is 0 Å². The summed E-state index contributed by atoms with van der Waals surface area (Å²) in [6.45, 7) is 3.84. The second-order valence-electron chi connectivity index (χ2n) is 5.25. The zero-order valence-electron chi connectivity index (χ0n) is 12.3. The highest BCUT2D eigenvalue weighted by atomic mass is 19.1. The zero-order chi connectivity index (χ0) is 15.1. The highest BCUT2D eigenvalue weighted by Crippen LogP contribution is 2.08. The summed E-state index contributed by atoms with van der Waals surface area (Å²) in [5.74, 6) is -0.240. The first-order valence-electron chi connectivity index (χ1n) is 6.82. The molecule has 0 aliphatic heterocycles. The fraction of sp³-hybridized carbons (Fsp3) is 0.533. The van der Waals surface area contributed by atoms with Crippen molar-refractivity contribution in [1.82, 2.24) is 10.2 Å². The minimum absolute atomic E-state index is 0.0118. The van der Waals surface area contributed by atoms with Gasteiger partial charge in [0, 0.05) is 19.6 Å². The Morgan fingerprint density at radius 2 is 2.15 bits per heavy atom. The fourth-order valence-corrected chi connectivity index (χ4v) is 1.95. The van der Waals surface area contributed by atoms with Crippen LogP contribution in [-0.2, 0) is 6.42 Å². The van der Waals surface area contributed by atoms with Crippen LogP contribution < -0.4 is 5.32 Å². The van der Waals surface area contributed by atoms with E-state index in [9.17, 15) is 14.3 Å². The Labute approximate surface area is 119 Å². The number of urea groups is 1. The molecule has 0 saturated carbocycles. The van der Waals surface area contributed by atoms with Crippen LogP contribution in [-0.4, -0.2) is 41.8 Å². The second kappa shape index (κ2) is 7.85. The van der Waals surface area contributed by atoms with Gasteiger partial charge in [0.25, 0.3) is 0 Å². The number of nitrogens with one attached hydrogen (secondary N) is 1. The van der Waals surface area contributed by atoms with Gasteiger partial charge in [-0.3, -0.25) is 0 Å². The van der Waals surface area contributed by atoms with Gasteiger partial charge in [-0.25, -0.2) is 9.18 Å². The molecule has 2 N–H and O–H groups in total. The summed E-state index contributed by atoms with van der Waals surface area (Å²) in [6.07, 6.45) is 0.894. The third-order valence-electron chi connectivity index (χ3n) is 3.01. The van der Waals surface area contributed by atoms with E-state index in [-0.39, 0.29) is 17.9 Å². The number of halogens is 1. The van der Waals surface area contributed by atoms with Crippen molar-refractivity contribution in [3.63, 3.8) is 0 Å². The van der Waals surface area contributed by atoms with Crippen molar-refractivity contribution in [3.8, 4) is 0 Å². The standard InChI is InChI=1S/C15H23FN2O2/c1-11(17-15(20)18(3)10-12(2)19)7-8-13-5-4-6-14(16)9-13/h4-6,9,11-12,19H,7-8,10H2,1-3H3,(H,17,20). The third kappa shape index (κ3) is 6.02. The first kappa shape index (κ1) is 16.4. The molecule has 2 amide bonds. The van der Waals surface area contributed by atoms with Crippen LogP contribution >= 0.6 is 0 Å². The van der Waals surface area contributed by atoms with Crippen molar-refractivity contribution in [3.05, 3.63) is 35.6 Å². The van der Waals surface area contributed by atoms with E-state index in [1.807, 2.05) is 13.0 Å². The van der Waals surface area contributed by atoms with E-state index in [0.717, 1.165) is 12.0 Å². The number of hydrogen-bond acceptors (Lipinski definition) is 2. The minimum atomic E-state index is -0.548. The number of hydrogen-bond donors (Lipinski definition) is 2. The Morgan fingerprint density at radius 1 is 1.45 bits per heavy atom. The minimum Gasteiger partial charge on any atom is -0.392 e. The SMILES string of the molecule is CC(O)CN(C)C(=O)NC(C)CCc1cccc(F)c1. The molecule has 0 saturated heterocycles. The van der Waals surface area contributed by atoms with Crippen LogP contribution in [0.25, 0.3) is 0 Å². The van der Waals surface area contributed by atoms with Crippen molar-refractivity contribution in [2.75, 3.05) is 13.6 Å². The molecule has 1 aromatic carbocycles. The molecule has 112 valence electrons. The Kier molecular flexibility index (Phi) is 6.45. The molecule has 1 rings (SSSR count). The molecule has 0 fully saturated rings. The number of likely N-dealkylation sites (N-methyl/N-ethyl adjacent to an activating group) is 1. The van der Waals surface area contributed by atoms with E-state index < -0.39 is 6.10 Å². The monoisotopic (exact) mass is 282 g/mol. The zero-order valence-corrected chi connectivity index (χ0v) is 12.3. The van der Waals surface area contributed by atoms with Gasteiger partial charge < -0.3 is 15.3 Å². The van der Waals surface area contributed by atoms with Crippen LogP contribution in [0.3, 0.4) is 0 Å². The van der Waals surface area contributed by atoms with E-state index in [4.69, 9.17) is 0 Å². The fourth-order valence-electron chi connectivity index (χ4n) is 1.95. The number of carbonyl (C=O) groups excluding carboxylic acids is 1.